The Balaban J connectivity index is 1.72. The first-order valence-corrected chi connectivity index (χ1v) is 7.93. The van der Waals surface area contributed by atoms with Crippen LogP contribution in [0.3, 0.4) is 0 Å². The van der Waals surface area contributed by atoms with Crippen LogP contribution in [0.5, 0.6) is 5.75 Å². The molecule has 0 radical (unpaired) electrons. The van der Waals surface area contributed by atoms with Gasteiger partial charge in [0.25, 0.3) is 5.91 Å². The Morgan fingerprint density at radius 1 is 1.39 bits per heavy atom. The fraction of sp³-hybridized carbons (Fsp3) is 0.529. The summed E-state index contributed by atoms with van der Waals surface area (Å²) in [5.41, 5.74) is 0. The van der Waals surface area contributed by atoms with Gasteiger partial charge in [0, 0.05) is 12.6 Å². The van der Waals surface area contributed by atoms with Crippen molar-refractivity contribution in [3.05, 3.63) is 30.1 Å². The van der Waals surface area contributed by atoms with Gasteiger partial charge in [-0.15, -0.1) is 0 Å². The molecule has 1 amide bonds. The maximum Gasteiger partial charge on any atom is 0.326 e. The predicted octanol–water partition coefficient (Wildman–Crippen LogP) is 2.30. The fourth-order valence-electron chi connectivity index (χ4n) is 3.88. The molecule has 6 heteroatoms. The van der Waals surface area contributed by atoms with Gasteiger partial charge in [-0.05, 0) is 43.7 Å². The zero-order chi connectivity index (χ0) is 16.6. The van der Waals surface area contributed by atoms with Crippen LogP contribution in [0.4, 0.5) is 4.39 Å². The number of hydrogen-bond donors (Lipinski definition) is 1. The van der Waals surface area contributed by atoms with Crippen molar-refractivity contribution in [3.63, 3.8) is 0 Å². The number of amides is 1. The number of carbonyl (C=O) groups excluding carboxylic acids is 1. The van der Waals surface area contributed by atoms with Gasteiger partial charge in [0.05, 0.1) is 0 Å². The summed E-state index contributed by atoms with van der Waals surface area (Å²) in [5, 5.41) is 9.50. The van der Waals surface area contributed by atoms with Crippen LogP contribution in [0.2, 0.25) is 0 Å². The molecular weight excluding hydrogens is 301 g/mol. The van der Waals surface area contributed by atoms with Crippen molar-refractivity contribution in [2.24, 2.45) is 11.8 Å². The van der Waals surface area contributed by atoms with Gasteiger partial charge in [-0.2, -0.15) is 0 Å². The number of carboxylic acids is 1. The third-order valence-electron chi connectivity index (χ3n) is 4.88. The molecule has 1 aliphatic carbocycles. The number of carbonyl (C=O) groups is 2. The van der Waals surface area contributed by atoms with Crippen molar-refractivity contribution < 1.29 is 23.8 Å². The summed E-state index contributed by atoms with van der Waals surface area (Å²) in [6.45, 7) is 2.04. The SMILES string of the molecule is C[C@H](Oc1cccc(F)c1)C(=O)N1C[C@@H]2CCC[C@@H]2[C@@H]1C(=O)O. The van der Waals surface area contributed by atoms with Crippen LogP contribution in [0.15, 0.2) is 24.3 Å². The summed E-state index contributed by atoms with van der Waals surface area (Å²) >= 11 is 0. The highest BCUT2D eigenvalue weighted by molar-refractivity contribution is 5.87. The van der Waals surface area contributed by atoms with Gasteiger partial charge in [0.15, 0.2) is 6.10 Å². The van der Waals surface area contributed by atoms with Gasteiger partial charge in [-0.25, -0.2) is 9.18 Å². The molecule has 4 atom stereocenters. The lowest BCUT2D eigenvalue weighted by atomic mass is 9.94. The molecule has 0 aromatic heterocycles. The first kappa shape index (κ1) is 15.8. The third-order valence-corrected chi connectivity index (χ3v) is 4.88. The van der Waals surface area contributed by atoms with Gasteiger partial charge in [0.1, 0.15) is 17.6 Å². The first-order valence-electron chi connectivity index (χ1n) is 7.93. The highest BCUT2D eigenvalue weighted by Crippen LogP contribution is 2.42. The van der Waals surface area contributed by atoms with E-state index in [9.17, 15) is 19.1 Å². The van der Waals surface area contributed by atoms with E-state index in [2.05, 4.69) is 0 Å². The van der Waals surface area contributed by atoms with E-state index in [0.29, 0.717) is 6.54 Å². The van der Waals surface area contributed by atoms with Crippen molar-refractivity contribution in [2.45, 2.75) is 38.3 Å². The van der Waals surface area contributed by atoms with Crippen LogP contribution in [0.1, 0.15) is 26.2 Å². The van der Waals surface area contributed by atoms with Crippen LogP contribution in [0, 0.1) is 17.7 Å². The lowest BCUT2D eigenvalue weighted by molar-refractivity contribution is -0.152. The molecule has 1 aliphatic heterocycles. The van der Waals surface area contributed by atoms with Gasteiger partial charge < -0.3 is 14.7 Å². The molecule has 0 unspecified atom stereocenters. The van der Waals surface area contributed by atoms with Gasteiger partial charge in [-0.3, -0.25) is 4.79 Å². The molecule has 5 nitrogen and oxygen atoms in total. The molecular formula is C17H20FNO4. The number of hydrogen-bond acceptors (Lipinski definition) is 3. The Hall–Kier alpha value is -2.11. The Kier molecular flexibility index (Phi) is 4.24. The summed E-state index contributed by atoms with van der Waals surface area (Å²) in [6.07, 6.45) is 2.00. The van der Waals surface area contributed by atoms with E-state index >= 15 is 0 Å². The van der Waals surface area contributed by atoms with Crippen molar-refractivity contribution in [2.75, 3.05) is 6.54 Å². The largest absolute Gasteiger partial charge is 0.481 e. The summed E-state index contributed by atoms with van der Waals surface area (Å²) in [6, 6.07) is 4.80. The highest BCUT2D eigenvalue weighted by atomic mass is 19.1. The molecule has 1 saturated carbocycles. The second kappa shape index (κ2) is 6.18. The molecule has 1 N–H and O–H groups in total. The molecule has 124 valence electrons. The number of benzene rings is 1. The maximum atomic E-state index is 13.2. The van der Waals surface area contributed by atoms with Crippen molar-refractivity contribution in [1.82, 2.24) is 4.90 Å². The molecule has 23 heavy (non-hydrogen) atoms. The van der Waals surface area contributed by atoms with Gasteiger partial charge in [0.2, 0.25) is 0 Å². The van der Waals surface area contributed by atoms with E-state index in [4.69, 9.17) is 4.74 Å². The minimum absolute atomic E-state index is 0.0396. The normalized spacial score (nSPS) is 27.6. The molecule has 1 saturated heterocycles. The van der Waals surface area contributed by atoms with E-state index in [-0.39, 0.29) is 23.5 Å². The van der Waals surface area contributed by atoms with Crippen LogP contribution < -0.4 is 4.74 Å². The van der Waals surface area contributed by atoms with Crippen LogP contribution in [-0.2, 0) is 9.59 Å². The molecule has 0 bridgehead atoms. The first-order chi connectivity index (χ1) is 11.0. The maximum absolute atomic E-state index is 13.2. The molecule has 2 fully saturated rings. The minimum Gasteiger partial charge on any atom is -0.481 e. The second-order valence-electron chi connectivity index (χ2n) is 6.35. The second-order valence-corrected chi connectivity index (χ2v) is 6.35. The zero-order valence-electron chi connectivity index (χ0n) is 12.9. The number of likely N-dealkylation sites (tertiary alicyclic amines) is 1. The molecule has 0 spiro atoms. The van der Waals surface area contributed by atoms with E-state index in [0.717, 1.165) is 19.3 Å². The van der Waals surface area contributed by atoms with E-state index in [1.54, 1.807) is 13.0 Å². The van der Waals surface area contributed by atoms with Crippen LogP contribution >= 0.6 is 0 Å². The highest BCUT2D eigenvalue weighted by Gasteiger charge is 2.50. The van der Waals surface area contributed by atoms with Crippen LogP contribution in [0.25, 0.3) is 0 Å². The standard InChI is InChI=1S/C17H20FNO4/c1-10(23-13-6-3-5-12(18)8-13)16(20)19-9-11-4-2-7-14(11)15(19)17(21)22/h3,5-6,8,10-11,14-15H,2,4,7,9H2,1H3,(H,21,22)/t10-,11-,14-,15+/m0/s1. The quantitative estimate of drug-likeness (QED) is 0.924. The Bertz CT molecular complexity index is 620. The average molecular weight is 321 g/mol. The Labute approximate surface area is 134 Å². The summed E-state index contributed by atoms with van der Waals surface area (Å²) in [5.74, 6) is -1.18. The van der Waals surface area contributed by atoms with Crippen LogP contribution in [-0.4, -0.2) is 40.6 Å². The summed E-state index contributed by atoms with van der Waals surface area (Å²) in [4.78, 5) is 25.7. The number of aliphatic carboxylic acids is 1. The smallest absolute Gasteiger partial charge is 0.326 e. The number of nitrogens with zero attached hydrogens (tertiary/aromatic N) is 1. The van der Waals surface area contributed by atoms with Crippen molar-refractivity contribution in [1.29, 1.82) is 0 Å². The fourth-order valence-corrected chi connectivity index (χ4v) is 3.88. The average Bonchev–Trinajstić information content (AvgIpc) is 3.06. The van der Waals surface area contributed by atoms with Gasteiger partial charge in [-0.1, -0.05) is 12.5 Å². The van der Waals surface area contributed by atoms with E-state index in [1.807, 2.05) is 0 Å². The summed E-state index contributed by atoms with van der Waals surface area (Å²) in [7, 11) is 0. The van der Waals surface area contributed by atoms with E-state index < -0.39 is 23.9 Å². The molecule has 1 heterocycles. The van der Waals surface area contributed by atoms with Gasteiger partial charge >= 0.3 is 5.97 Å². The lowest BCUT2D eigenvalue weighted by Crippen LogP contribution is -2.48. The number of ether oxygens (including phenoxy) is 1. The van der Waals surface area contributed by atoms with E-state index in [1.165, 1.54) is 23.1 Å². The number of carboxylic acid groups (broad SMARTS) is 1. The monoisotopic (exact) mass is 321 g/mol. The molecule has 1 aromatic carbocycles. The number of fused-ring (bicyclic) bond motifs is 1. The number of halogens is 1. The predicted molar refractivity (Wildman–Crippen MR) is 80.5 cm³/mol. The third kappa shape index (κ3) is 3.02. The van der Waals surface area contributed by atoms with Crippen molar-refractivity contribution in [3.8, 4) is 5.75 Å². The number of rotatable bonds is 4. The topological polar surface area (TPSA) is 66.8 Å². The minimum atomic E-state index is -0.953. The molecule has 3 rings (SSSR count). The molecule has 2 aliphatic rings. The van der Waals surface area contributed by atoms with Crippen molar-refractivity contribution >= 4 is 11.9 Å². The Morgan fingerprint density at radius 2 is 2.17 bits per heavy atom. The zero-order valence-corrected chi connectivity index (χ0v) is 12.9. The summed E-state index contributed by atoms with van der Waals surface area (Å²) < 4.78 is 18.7. The lowest BCUT2D eigenvalue weighted by Gasteiger charge is -2.27. The molecule has 1 aromatic rings. The Morgan fingerprint density at radius 3 is 2.87 bits per heavy atom.